The lowest BCUT2D eigenvalue weighted by atomic mass is 9.84. The van der Waals surface area contributed by atoms with E-state index in [1.54, 1.807) is 6.20 Å². The van der Waals surface area contributed by atoms with Gasteiger partial charge in [-0.1, -0.05) is 6.42 Å². The maximum atomic E-state index is 13.0. The summed E-state index contributed by atoms with van der Waals surface area (Å²) in [5.74, 6) is 0.950. The van der Waals surface area contributed by atoms with Crippen LogP contribution in [-0.4, -0.2) is 57.3 Å². The first kappa shape index (κ1) is 15.5. The first-order valence-electron chi connectivity index (χ1n) is 9.00. The maximum Gasteiger partial charge on any atom is 0.257 e. The van der Waals surface area contributed by atoms with Crippen LogP contribution in [0.15, 0.2) is 12.5 Å². The van der Waals surface area contributed by atoms with Gasteiger partial charge in [-0.15, -0.1) is 0 Å². The van der Waals surface area contributed by atoms with Gasteiger partial charge >= 0.3 is 0 Å². The number of carbonyl (C=O) groups excluding carboxylic acids is 2. The van der Waals surface area contributed by atoms with Crippen molar-refractivity contribution in [3.05, 3.63) is 23.8 Å². The molecular formula is C18H24N4O2. The number of rotatable bonds is 2. The summed E-state index contributed by atoms with van der Waals surface area (Å²) < 4.78 is 0. The highest BCUT2D eigenvalue weighted by Gasteiger charge is 2.41. The second kappa shape index (κ2) is 6.15. The monoisotopic (exact) mass is 328 g/mol. The molecule has 2 bridgehead atoms. The number of aryl methyl sites for hydroxylation is 1. The Morgan fingerprint density at radius 1 is 1.12 bits per heavy atom. The lowest BCUT2D eigenvalue weighted by molar-refractivity contribution is -0.138. The topological polar surface area (TPSA) is 66.4 Å². The molecule has 24 heavy (non-hydrogen) atoms. The van der Waals surface area contributed by atoms with Crippen molar-refractivity contribution < 1.29 is 9.59 Å². The van der Waals surface area contributed by atoms with Crippen molar-refractivity contribution in [2.45, 2.75) is 45.1 Å². The van der Waals surface area contributed by atoms with Crippen molar-refractivity contribution in [1.82, 2.24) is 19.8 Å². The van der Waals surface area contributed by atoms with Gasteiger partial charge in [0.1, 0.15) is 6.33 Å². The van der Waals surface area contributed by atoms with Crippen LogP contribution in [0.4, 0.5) is 0 Å². The van der Waals surface area contributed by atoms with E-state index in [-0.39, 0.29) is 17.9 Å². The molecule has 5 rings (SSSR count). The smallest absolute Gasteiger partial charge is 0.257 e. The molecule has 128 valence electrons. The first-order chi connectivity index (χ1) is 11.6. The van der Waals surface area contributed by atoms with Crippen LogP contribution in [-0.2, 0) is 4.79 Å². The Hall–Kier alpha value is -1.98. The Morgan fingerprint density at radius 2 is 1.96 bits per heavy atom. The molecule has 3 saturated heterocycles. The van der Waals surface area contributed by atoms with E-state index in [9.17, 15) is 9.59 Å². The number of hydrogen-bond acceptors (Lipinski definition) is 4. The Kier molecular flexibility index (Phi) is 3.98. The fourth-order valence-electron chi connectivity index (χ4n) is 4.18. The van der Waals surface area contributed by atoms with Crippen molar-refractivity contribution in [3.63, 3.8) is 0 Å². The van der Waals surface area contributed by atoms with Crippen LogP contribution in [0.5, 0.6) is 0 Å². The zero-order valence-corrected chi connectivity index (χ0v) is 14.1. The second-order valence-electron chi connectivity index (χ2n) is 7.45. The lowest BCUT2D eigenvalue weighted by Crippen LogP contribution is -2.48. The number of carbonyl (C=O) groups is 2. The summed E-state index contributed by atoms with van der Waals surface area (Å²) in [6, 6.07) is 0.125. The summed E-state index contributed by atoms with van der Waals surface area (Å²) >= 11 is 0. The molecule has 2 amide bonds. The Balaban J connectivity index is 1.53. The number of amides is 2. The van der Waals surface area contributed by atoms with Crippen molar-refractivity contribution in [2.24, 2.45) is 11.8 Å². The van der Waals surface area contributed by atoms with E-state index in [0.29, 0.717) is 23.9 Å². The van der Waals surface area contributed by atoms with Gasteiger partial charge in [-0.2, -0.15) is 0 Å². The van der Waals surface area contributed by atoms with E-state index in [0.717, 1.165) is 44.5 Å². The highest BCUT2D eigenvalue weighted by atomic mass is 16.2. The average Bonchev–Trinajstić information content (AvgIpc) is 2.85. The highest BCUT2D eigenvalue weighted by Crippen LogP contribution is 2.33. The van der Waals surface area contributed by atoms with E-state index in [2.05, 4.69) is 9.97 Å². The molecule has 6 nitrogen and oxygen atoms in total. The SMILES string of the molecule is Cc1ncncc1C(=O)N1C[C@H]2CC[C@@H]1CN(C(=O)C1CCC1)C2. The molecule has 2 atom stereocenters. The molecule has 1 saturated carbocycles. The molecule has 6 heteroatoms. The third-order valence-corrected chi connectivity index (χ3v) is 5.88. The summed E-state index contributed by atoms with van der Waals surface area (Å²) in [4.78, 5) is 37.8. The number of piperidine rings is 1. The van der Waals surface area contributed by atoms with E-state index in [1.165, 1.54) is 12.7 Å². The standard InChI is InChI=1S/C18H24N4O2/c1-12-16(7-19-11-20-12)18(24)22-9-13-5-6-15(22)10-21(8-13)17(23)14-3-2-4-14/h7,11,13-15H,2-6,8-10H2,1H3/t13-,15+/m0/s1. The molecule has 4 heterocycles. The highest BCUT2D eigenvalue weighted by molar-refractivity contribution is 5.95. The van der Waals surface area contributed by atoms with Crippen LogP contribution < -0.4 is 0 Å². The molecule has 4 fully saturated rings. The molecule has 0 radical (unpaired) electrons. The largest absolute Gasteiger partial charge is 0.340 e. The van der Waals surface area contributed by atoms with Crippen LogP contribution in [0.3, 0.4) is 0 Å². The molecule has 0 aromatic carbocycles. The van der Waals surface area contributed by atoms with Gasteiger partial charge in [0.15, 0.2) is 0 Å². The zero-order chi connectivity index (χ0) is 16.7. The fraction of sp³-hybridized carbons (Fsp3) is 0.667. The first-order valence-corrected chi connectivity index (χ1v) is 9.00. The minimum absolute atomic E-state index is 0.0146. The number of aromatic nitrogens is 2. The van der Waals surface area contributed by atoms with Crippen LogP contribution >= 0.6 is 0 Å². The van der Waals surface area contributed by atoms with E-state index < -0.39 is 0 Å². The maximum absolute atomic E-state index is 13.0. The molecule has 0 unspecified atom stereocenters. The summed E-state index contributed by atoms with van der Waals surface area (Å²) in [5.41, 5.74) is 1.31. The molecule has 1 aromatic rings. The van der Waals surface area contributed by atoms with Crippen molar-refractivity contribution in [2.75, 3.05) is 19.6 Å². The van der Waals surface area contributed by atoms with E-state index >= 15 is 0 Å². The van der Waals surface area contributed by atoms with Crippen LogP contribution in [0, 0.1) is 18.8 Å². The van der Waals surface area contributed by atoms with Gasteiger partial charge in [-0.05, 0) is 38.5 Å². The molecule has 3 aliphatic heterocycles. The van der Waals surface area contributed by atoms with Gasteiger partial charge in [0.2, 0.25) is 5.91 Å². The van der Waals surface area contributed by atoms with Gasteiger partial charge in [-0.25, -0.2) is 9.97 Å². The Morgan fingerprint density at radius 3 is 2.67 bits per heavy atom. The molecule has 1 aliphatic carbocycles. The van der Waals surface area contributed by atoms with Gasteiger partial charge in [0.05, 0.1) is 11.3 Å². The van der Waals surface area contributed by atoms with Crippen molar-refractivity contribution >= 4 is 11.8 Å². The Bertz CT molecular complexity index is 658. The van der Waals surface area contributed by atoms with Crippen molar-refractivity contribution in [1.29, 1.82) is 0 Å². The van der Waals surface area contributed by atoms with E-state index in [4.69, 9.17) is 0 Å². The minimum Gasteiger partial charge on any atom is -0.340 e. The number of fused-ring (bicyclic) bond motifs is 4. The molecule has 4 aliphatic rings. The molecular weight excluding hydrogens is 304 g/mol. The zero-order valence-electron chi connectivity index (χ0n) is 14.1. The van der Waals surface area contributed by atoms with Gasteiger partial charge < -0.3 is 9.80 Å². The quantitative estimate of drug-likeness (QED) is 0.828. The number of nitrogens with zero attached hydrogens (tertiary/aromatic N) is 4. The fourth-order valence-corrected chi connectivity index (χ4v) is 4.18. The summed E-state index contributed by atoms with van der Waals surface area (Å²) in [7, 11) is 0. The van der Waals surface area contributed by atoms with Crippen LogP contribution in [0.25, 0.3) is 0 Å². The van der Waals surface area contributed by atoms with Crippen LogP contribution in [0.2, 0.25) is 0 Å². The molecule has 1 aromatic heterocycles. The summed E-state index contributed by atoms with van der Waals surface area (Å²) in [6.07, 6.45) is 8.42. The average molecular weight is 328 g/mol. The number of hydrogen-bond donors (Lipinski definition) is 0. The van der Waals surface area contributed by atoms with Crippen LogP contribution in [0.1, 0.15) is 48.2 Å². The predicted molar refractivity (Wildman–Crippen MR) is 88.2 cm³/mol. The van der Waals surface area contributed by atoms with Gasteiger partial charge in [0.25, 0.3) is 5.91 Å². The van der Waals surface area contributed by atoms with E-state index in [1.807, 2.05) is 16.7 Å². The third kappa shape index (κ3) is 2.68. The van der Waals surface area contributed by atoms with Gasteiger partial charge in [-0.3, -0.25) is 9.59 Å². The lowest BCUT2D eigenvalue weighted by Gasteiger charge is -2.36. The normalized spacial score (nSPS) is 26.9. The predicted octanol–water partition coefficient (Wildman–Crippen LogP) is 1.65. The third-order valence-electron chi connectivity index (χ3n) is 5.88. The molecule has 0 spiro atoms. The second-order valence-corrected chi connectivity index (χ2v) is 7.45. The van der Waals surface area contributed by atoms with Gasteiger partial charge in [0, 0.05) is 37.8 Å². The minimum atomic E-state index is 0.0146. The summed E-state index contributed by atoms with van der Waals surface area (Å²) in [6.45, 7) is 4.08. The summed E-state index contributed by atoms with van der Waals surface area (Å²) in [5, 5.41) is 0. The molecule has 0 N–H and O–H groups in total. The Labute approximate surface area is 142 Å². The van der Waals surface area contributed by atoms with Crippen molar-refractivity contribution in [3.8, 4) is 0 Å².